The van der Waals surface area contributed by atoms with E-state index in [0.717, 1.165) is 25.7 Å². The Kier molecular flexibility index (Phi) is 8.12. The first kappa shape index (κ1) is 23.7. The van der Waals surface area contributed by atoms with E-state index in [1.165, 1.54) is 19.3 Å². The van der Waals surface area contributed by atoms with Gasteiger partial charge in [0.2, 0.25) is 0 Å². The number of hydrogen-bond donors (Lipinski definition) is 3. The molecule has 8 nitrogen and oxygen atoms in total. The molecule has 1 aliphatic heterocycles. The molecule has 0 bridgehead atoms. The van der Waals surface area contributed by atoms with Crippen molar-refractivity contribution < 1.29 is 19.1 Å². The zero-order valence-electron chi connectivity index (χ0n) is 19.7. The monoisotopic (exact) mass is 466 g/mol. The Bertz CT molecular complexity index is 952. The van der Waals surface area contributed by atoms with Crippen LogP contribution in [-0.2, 0) is 0 Å². The maximum Gasteiger partial charge on any atom is 0.321 e. The number of amides is 4. The molecule has 0 aromatic heterocycles. The molecule has 2 fully saturated rings. The molecule has 1 aliphatic carbocycles. The van der Waals surface area contributed by atoms with E-state index < -0.39 is 0 Å². The van der Waals surface area contributed by atoms with Gasteiger partial charge >= 0.3 is 12.1 Å². The summed E-state index contributed by atoms with van der Waals surface area (Å²) in [6.07, 6.45) is 7.28. The van der Waals surface area contributed by atoms with Gasteiger partial charge in [0, 0.05) is 30.9 Å². The maximum absolute atomic E-state index is 12.7. The molecule has 4 rings (SSSR count). The third-order valence-electron chi connectivity index (χ3n) is 6.46. The summed E-state index contributed by atoms with van der Waals surface area (Å²) in [4.78, 5) is 26.8. The van der Waals surface area contributed by atoms with E-state index in [9.17, 15) is 9.59 Å². The Morgan fingerprint density at radius 1 is 0.824 bits per heavy atom. The van der Waals surface area contributed by atoms with Crippen molar-refractivity contribution in [3.05, 3.63) is 48.5 Å². The first-order chi connectivity index (χ1) is 16.6. The van der Waals surface area contributed by atoms with Gasteiger partial charge in [0.05, 0.1) is 7.11 Å². The number of nitrogens with one attached hydrogen (secondary N) is 3. The van der Waals surface area contributed by atoms with Crippen molar-refractivity contribution in [1.29, 1.82) is 0 Å². The normalized spacial score (nSPS) is 17.0. The smallest absolute Gasteiger partial charge is 0.321 e. The van der Waals surface area contributed by atoms with Gasteiger partial charge in [0.1, 0.15) is 5.75 Å². The fraction of sp³-hybridized carbons (Fsp3) is 0.462. The highest BCUT2D eigenvalue weighted by Crippen LogP contribution is 2.31. The van der Waals surface area contributed by atoms with Crippen LogP contribution in [0.3, 0.4) is 0 Å². The van der Waals surface area contributed by atoms with Crippen LogP contribution in [0.5, 0.6) is 17.2 Å². The average molecular weight is 467 g/mol. The van der Waals surface area contributed by atoms with Crippen LogP contribution >= 0.6 is 0 Å². The number of nitrogens with zero attached hydrogens (tertiary/aromatic N) is 1. The lowest BCUT2D eigenvalue weighted by Crippen LogP contribution is -2.51. The summed E-state index contributed by atoms with van der Waals surface area (Å²) in [7, 11) is 1.60. The van der Waals surface area contributed by atoms with Gasteiger partial charge in [-0.05, 0) is 62.1 Å². The summed E-state index contributed by atoms with van der Waals surface area (Å²) in [5.74, 6) is 1.94. The quantitative estimate of drug-likeness (QED) is 0.551. The Balaban J connectivity index is 1.20. The van der Waals surface area contributed by atoms with Crippen molar-refractivity contribution in [2.75, 3.05) is 25.5 Å². The fourth-order valence-corrected chi connectivity index (χ4v) is 4.53. The second kappa shape index (κ2) is 11.6. The predicted octanol–water partition coefficient (Wildman–Crippen LogP) is 5.12. The molecule has 2 aliphatic rings. The molecule has 0 radical (unpaired) electrons. The molecule has 2 aromatic carbocycles. The van der Waals surface area contributed by atoms with Crippen molar-refractivity contribution >= 4 is 17.7 Å². The Morgan fingerprint density at radius 2 is 1.44 bits per heavy atom. The highest BCUT2D eigenvalue weighted by Gasteiger charge is 2.25. The number of rotatable bonds is 6. The van der Waals surface area contributed by atoms with Crippen LogP contribution in [0, 0.1) is 0 Å². The van der Waals surface area contributed by atoms with Crippen LogP contribution < -0.4 is 25.4 Å². The van der Waals surface area contributed by atoms with E-state index in [2.05, 4.69) is 16.0 Å². The minimum absolute atomic E-state index is 0.0785. The average Bonchev–Trinajstić information content (AvgIpc) is 2.86. The summed E-state index contributed by atoms with van der Waals surface area (Å²) in [5, 5.41) is 9.12. The van der Waals surface area contributed by atoms with Gasteiger partial charge < -0.3 is 30.3 Å². The molecule has 1 saturated carbocycles. The van der Waals surface area contributed by atoms with E-state index in [-0.39, 0.29) is 18.1 Å². The van der Waals surface area contributed by atoms with Crippen LogP contribution in [0.15, 0.2) is 48.5 Å². The molecule has 1 saturated heterocycles. The second-order valence-electron chi connectivity index (χ2n) is 8.92. The second-order valence-corrected chi connectivity index (χ2v) is 8.92. The molecule has 0 spiro atoms. The largest absolute Gasteiger partial charge is 0.493 e. The maximum atomic E-state index is 12.7. The van der Waals surface area contributed by atoms with Gasteiger partial charge in [-0.25, -0.2) is 9.59 Å². The van der Waals surface area contributed by atoms with Crippen LogP contribution in [0.4, 0.5) is 15.3 Å². The molecule has 3 N–H and O–H groups in total. The van der Waals surface area contributed by atoms with E-state index in [0.29, 0.717) is 42.1 Å². The van der Waals surface area contributed by atoms with Crippen molar-refractivity contribution in [3.63, 3.8) is 0 Å². The minimum atomic E-state index is -0.136. The Labute approximate surface area is 201 Å². The van der Waals surface area contributed by atoms with Crippen LogP contribution in [0.1, 0.15) is 44.9 Å². The van der Waals surface area contributed by atoms with E-state index in [1.807, 2.05) is 48.5 Å². The van der Waals surface area contributed by atoms with E-state index >= 15 is 0 Å². The van der Waals surface area contributed by atoms with Gasteiger partial charge in [0.25, 0.3) is 0 Å². The number of anilines is 1. The number of carbonyl (C=O) groups is 2. The highest BCUT2D eigenvalue weighted by atomic mass is 16.5. The number of urea groups is 2. The van der Waals surface area contributed by atoms with Crippen LogP contribution in [0.2, 0.25) is 0 Å². The molecule has 8 heteroatoms. The number of ether oxygens (including phenoxy) is 2. The SMILES string of the molecule is COc1ccccc1Oc1ccc(NC(=O)N2CCC(NC(=O)NC3CCCCC3)CC2)cc1. The highest BCUT2D eigenvalue weighted by molar-refractivity contribution is 5.89. The number of likely N-dealkylation sites (tertiary alicyclic amines) is 1. The summed E-state index contributed by atoms with van der Waals surface area (Å²) in [6.45, 7) is 1.21. The van der Waals surface area contributed by atoms with Gasteiger partial charge in [-0.2, -0.15) is 0 Å². The number of hydrogen-bond acceptors (Lipinski definition) is 4. The third kappa shape index (κ3) is 6.56. The standard InChI is InChI=1S/C26H34N4O4/c1-33-23-9-5-6-10-24(23)34-22-13-11-20(12-14-22)29-26(32)30-17-15-21(16-18-30)28-25(31)27-19-7-3-2-4-8-19/h5-6,9-14,19,21H,2-4,7-8,15-18H2,1H3,(H,29,32)(H2,27,28,31). The Hall–Kier alpha value is -3.42. The Morgan fingerprint density at radius 3 is 2.09 bits per heavy atom. The van der Waals surface area contributed by atoms with Gasteiger partial charge in [-0.1, -0.05) is 31.4 Å². The zero-order chi connectivity index (χ0) is 23.8. The number of piperidine rings is 1. The van der Waals surface area contributed by atoms with Gasteiger partial charge in [0.15, 0.2) is 11.5 Å². The molecule has 0 unspecified atom stereocenters. The van der Waals surface area contributed by atoms with E-state index in [4.69, 9.17) is 9.47 Å². The lowest BCUT2D eigenvalue weighted by Gasteiger charge is -2.33. The first-order valence-electron chi connectivity index (χ1n) is 12.1. The summed E-state index contributed by atoms with van der Waals surface area (Å²) in [6, 6.07) is 14.9. The number of methoxy groups -OCH3 is 1. The first-order valence-corrected chi connectivity index (χ1v) is 12.1. The molecule has 182 valence electrons. The van der Waals surface area contributed by atoms with Crippen molar-refractivity contribution in [1.82, 2.24) is 15.5 Å². The molecule has 0 atom stereocenters. The van der Waals surface area contributed by atoms with Gasteiger partial charge in [-0.3, -0.25) is 0 Å². The number of carbonyl (C=O) groups excluding carboxylic acids is 2. The summed E-state index contributed by atoms with van der Waals surface area (Å²) >= 11 is 0. The summed E-state index contributed by atoms with van der Waals surface area (Å²) in [5.41, 5.74) is 0.699. The molecule has 1 heterocycles. The number of benzene rings is 2. The topological polar surface area (TPSA) is 91.9 Å². The van der Waals surface area contributed by atoms with Crippen molar-refractivity contribution in [3.8, 4) is 17.2 Å². The minimum Gasteiger partial charge on any atom is -0.493 e. The van der Waals surface area contributed by atoms with Crippen molar-refractivity contribution in [2.24, 2.45) is 0 Å². The molecule has 34 heavy (non-hydrogen) atoms. The third-order valence-corrected chi connectivity index (χ3v) is 6.46. The van der Waals surface area contributed by atoms with E-state index in [1.54, 1.807) is 12.0 Å². The molecular weight excluding hydrogens is 432 g/mol. The van der Waals surface area contributed by atoms with Crippen LogP contribution in [0.25, 0.3) is 0 Å². The van der Waals surface area contributed by atoms with Crippen molar-refractivity contribution in [2.45, 2.75) is 57.0 Å². The molecular formula is C26H34N4O4. The molecule has 4 amide bonds. The summed E-state index contributed by atoms with van der Waals surface area (Å²) < 4.78 is 11.2. The fourth-order valence-electron chi connectivity index (χ4n) is 4.53. The van der Waals surface area contributed by atoms with Gasteiger partial charge in [-0.15, -0.1) is 0 Å². The van der Waals surface area contributed by atoms with Crippen LogP contribution in [-0.4, -0.2) is 49.2 Å². The lowest BCUT2D eigenvalue weighted by molar-refractivity contribution is 0.186. The predicted molar refractivity (Wildman–Crippen MR) is 132 cm³/mol. The number of para-hydroxylation sites is 2. The molecule has 2 aromatic rings. The zero-order valence-corrected chi connectivity index (χ0v) is 19.7. The lowest BCUT2D eigenvalue weighted by atomic mass is 9.96.